The molecule has 0 aromatic heterocycles. The second kappa shape index (κ2) is 8.65. The van der Waals surface area contributed by atoms with Crippen molar-refractivity contribution >= 4 is 5.91 Å². The first kappa shape index (κ1) is 18.2. The molecule has 3 rings (SSSR count). The number of benzene rings is 1. The number of aliphatic hydroxyl groups excluding tert-OH is 1. The Morgan fingerprint density at radius 1 is 1.40 bits per heavy atom. The van der Waals surface area contributed by atoms with E-state index in [0.29, 0.717) is 26.3 Å². The zero-order chi connectivity index (χ0) is 17.6. The van der Waals surface area contributed by atoms with Crippen molar-refractivity contribution in [3.63, 3.8) is 0 Å². The van der Waals surface area contributed by atoms with Gasteiger partial charge >= 0.3 is 0 Å². The van der Waals surface area contributed by atoms with Gasteiger partial charge in [0.25, 0.3) is 0 Å². The molecule has 138 valence electrons. The van der Waals surface area contributed by atoms with Crippen LogP contribution in [0.15, 0.2) is 24.3 Å². The van der Waals surface area contributed by atoms with Crippen molar-refractivity contribution in [3.05, 3.63) is 29.8 Å². The van der Waals surface area contributed by atoms with Crippen molar-refractivity contribution in [1.29, 1.82) is 0 Å². The molecule has 2 fully saturated rings. The quantitative estimate of drug-likeness (QED) is 0.808. The smallest absolute Gasteiger partial charge is 0.234 e. The number of para-hydroxylation sites is 1. The Balaban J connectivity index is 1.55. The first-order valence-electron chi connectivity index (χ1n) is 9.07. The van der Waals surface area contributed by atoms with E-state index in [0.717, 1.165) is 37.1 Å². The molecule has 1 saturated carbocycles. The van der Waals surface area contributed by atoms with E-state index in [1.807, 2.05) is 24.3 Å². The molecule has 0 spiro atoms. The number of hydrogen-bond acceptors (Lipinski definition) is 5. The van der Waals surface area contributed by atoms with Crippen molar-refractivity contribution in [2.75, 3.05) is 33.4 Å². The lowest BCUT2D eigenvalue weighted by atomic mass is 9.94. The van der Waals surface area contributed by atoms with Gasteiger partial charge in [-0.2, -0.15) is 0 Å². The second-order valence-corrected chi connectivity index (χ2v) is 6.86. The van der Waals surface area contributed by atoms with E-state index < -0.39 is 0 Å². The van der Waals surface area contributed by atoms with Crippen molar-refractivity contribution in [1.82, 2.24) is 10.2 Å². The van der Waals surface area contributed by atoms with Crippen LogP contribution in [0.3, 0.4) is 0 Å². The highest BCUT2D eigenvalue weighted by Crippen LogP contribution is 2.32. The lowest BCUT2D eigenvalue weighted by Crippen LogP contribution is -2.53. The summed E-state index contributed by atoms with van der Waals surface area (Å²) < 4.78 is 10.9. The summed E-state index contributed by atoms with van der Waals surface area (Å²) in [6, 6.07) is 7.81. The highest BCUT2D eigenvalue weighted by Gasteiger charge is 2.38. The normalized spacial score (nSPS) is 27.2. The second-order valence-electron chi connectivity index (χ2n) is 6.86. The van der Waals surface area contributed by atoms with Crippen LogP contribution in [0.4, 0.5) is 0 Å². The fraction of sp³-hybridized carbons (Fsp3) is 0.632. The molecule has 1 aliphatic heterocycles. The third kappa shape index (κ3) is 4.51. The van der Waals surface area contributed by atoms with Crippen LogP contribution in [-0.2, 0) is 16.1 Å². The van der Waals surface area contributed by atoms with Gasteiger partial charge in [-0.15, -0.1) is 0 Å². The minimum Gasteiger partial charge on any atom is -0.496 e. The number of methoxy groups -OCH3 is 1. The van der Waals surface area contributed by atoms with Gasteiger partial charge in [-0.25, -0.2) is 0 Å². The number of amides is 1. The average Bonchev–Trinajstić information content (AvgIpc) is 3.06. The van der Waals surface area contributed by atoms with Crippen LogP contribution in [0.2, 0.25) is 0 Å². The third-order valence-corrected chi connectivity index (χ3v) is 5.32. The van der Waals surface area contributed by atoms with Crippen LogP contribution >= 0.6 is 0 Å². The highest BCUT2D eigenvalue weighted by atomic mass is 16.5. The number of rotatable bonds is 6. The van der Waals surface area contributed by atoms with E-state index in [-0.39, 0.29) is 24.0 Å². The van der Waals surface area contributed by atoms with Crippen molar-refractivity contribution < 1.29 is 19.4 Å². The minimum atomic E-state index is -0.272. The summed E-state index contributed by atoms with van der Waals surface area (Å²) in [4.78, 5) is 14.6. The molecule has 6 nitrogen and oxygen atoms in total. The van der Waals surface area contributed by atoms with E-state index in [9.17, 15) is 9.90 Å². The van der Waals surface area contributed by atoms with Gasteiger partial charge in [0.05, 0.1) is 33.0 Å². The van der Waals surface area contributed by atoms with Gasteiger partial charge in [0.2, 0.25) is 5.91 Å². The van der Waals surface area contributed by atoms with Crippen molar-refractivity contribution in [2.24, 2.45) is 5.92 Å². The Morgan fingerprint density at radius 2 is 2.24 bits per heavy atom. The van der Waals surface area contributed by atoms with Crippen molar-refractivity contribution in [3.8, 4) is 5.75 Å². The van der Waals surface area contributed by atoms with Gasteiger partial charge in [0.15, 0.2) is 0 Å². The predicted molar refractivity (Wildman–Crippen MR) is 94.4 cm³/mol. The van der Waals surface area contributed by atoms with Gasteiger partial charge in [0.1, 0.15) is 5.75 Å². The molecular weight excluding hydrogens is 320 g/mol. The standard InChI is InChI=1S/C19H28N2O4/c1-24-18-8-3-2-5-14(18)11-20-19(23)12-21-9-10-25-13-16(21)15-6-4-7-17(15)22/h2-3,5,8,15-17,22H,4,6-7,9-13H2,1H3,(H,20,23). The summed E-state index contributed by atoms with van der Waals surface area (Å²) in [5.74, 6) is 0.980. The maximum Gasteiger partial charge on any atom is 0.234 e. The van der Waals surface area contributed by atoms with Crippen LogP contribution in [0.1, 0.15) is 24.8 Å². The monoisotopic (exact) mass is 348 g/mol. The highest BCUT2D eigenvalue weighted by molar-refractivity contribution is 5.78. The maximum absolute atomic E-state index is 12.4. The maximum atomic E-state index is 12.4. The molecule has 1 amide bonds. The molecule has 1 heterocycles. The summed E-state index contributed by atoms with van der Waals surface area (Å²) in [5.41, 5.74) is 0.961. The average molecular weight is 348 g/mol. The molecule has 1 saturated heterocycles. The number of aliphatic hydroxyl groups is 1. The van der Waals surface area contributed by atoms with E-state index in [4.69, 9.17) is 9.47 Å². The van der Waals surface area contributed by atoms with Crippen LogP contribution < -0.4 is 10.1 Å². The molecule has 6 heteroatoms. The van der Waals surface area contributed by atoms with Gasteiger partial charge in [-0.1, -0.05) is 24.6 Å². The first-order valence-corrected chi connectivity index (χ1v) is 9.07. The Kier molecular flexibility index (Phi) is 6.29. The number of nitrogens with zero attached hydrogens (tertiary/aromatic N) is 1. The molecular formula is C19H28N2O4. The fourth-order valence-electron chi connectivity index (χ4n) is 3.95. The molecule has 2 aliphatic rings. The summed E-state index contributed by atoms with van der Waals surface area (Å²) in [7, 11) is 1.63. The Morgan fingerprint density at radius 3 is 3.00 bits per heavy atom. The summed E-state index contributed by atoms with van der Waals surface area (Å²) in [5, 5.41) is 13.2. The molecule has 3 atom stereocenters. The lowest BCUT2D eigenvalue weighted by molar-refractivity contribution is -0.126. The Bertz CT molecular complexity index is 580. The number of carbonyl (C=O) groups excluding carboxylic acids is 1. The van der Waals surface area contributed by atoms with Gasteiger partial charge < -0.3 is 19.9 Å². The van der Waals surface area contributed by atoms with Gasteiger partial charge in [-0.3, -0.25) is 9.69 Å². The number of morpholine rings is 1. The molecule has 1 aliphatic carbocycles. The summed E-state index contributed by atoms with van der Waals surface area (Å²) >= 11 is 0. The predicted octanol–water partition coefficient (Wildman–Crippen LogP) is 1.17. The number of carbonyl (C=O) groups is 1. The first-order chi connectivity index (χ1) is 12.2. The lowest BCUT2D eigenvalue weighted by Gasteiger charge is -2.39. The largest absolute Gasteiger partial charge is 0.496 e. The summed E-state index contributed by atoms with van der Waals surface area (Å²) in [6.07, 6.45) is 2.64. The van der Waals surface area contributed by atoms with Crippen LogP contribution in [-0.4, -0.2) is 61.5 Å². The Labute approximate surface area is 149 Å². The number of nitrogens with one attached hydrogen (secondary N) is 1. The van der Waals surface area contributed by atoms with Gasteiger partial charge in [0, 0.05) is 30.6 Å². The molecule has 2 N–H and O–H groups in total. The third-order valence-electron chi connectivity index (χ3n) is 5.32. The molecule has 1 aromatic carbocycles. The number of hydrogen-bond donors (Lipinski definition) is 2. The van der Waals surface area contributed by atoms with E-state index in [1.165, 1.54) is 0 Å². The number of ether oxygens (including phenoxy) is 2. The molecule has 25 heavy (non-hydrogen) atoms. The SMILES string of the molecule is COc1ccccc1CNC(=O)CN1CCOCC1C1CCCC1O. The van der Waals surface area contributed by atoms with Crippen LogP contribution in [0.5, 0.6) is 5.75 Å². The zero-order valence-corrected chi connectivity index (χ0v) is 14.8. The molecule has 0 radical (unpaired) electrons. The van der Waals surface area contributed by atoms with Gasteiger partial charge in [-0.05, 0) is 18.9 Å². The zero-order valence-electron chi connectivity index (χ0n) is 14.8. The molecule has 0 bridgehead atoms. The minimum absolute atomic E-state index is 0.00899. The van der Waals surface area contributed by atoms with Crippen LogP contribution in [0.25, 0.3) is 0 Å². The molecule has 3 unspecified atom stereocenters. The van der Waals surface area contributed by atoms with E-state index in [1.54, 1.807) is 7.11 Å². The Hall–Kier alpha value is -1.63. The van der Waals surface area contributed by atoms with E-state index >= 15 is 0 Å². The van der Waals surface area contributed by atoms with Crippen molar-refractivity contribution in [2.45, 2.75) is 38.0 Å². The topological polar surface area (TPSA) is 71.0 Å². The van der Waals surface area contributed by atoms with Crippen LogP contribution in [0, 0.1) is 5.92 Å². The summed E-state index contributed by atoms with van der Waals surface area (Å²) in [6.45, 7) is 2.76. The fourth-order valence-corrected chi connectivity index (χ4v) is 3.95. The van der Waals surface area contributed by atoms with E-state index in [2.05, 4.69) is 10.2 Å². The molecule has 1 aromatic rings.